The van der Waals surface area contributed by atoms with Gasteiger partial charge in [-0.3, -0.25) is 0 Å². The van der Waals surface area contributed by atoms with Gasteiger partial charge in [-0.1, -0.05) is 22.0 Å². The molecule has 2 heterocycles. The molecule has 0 fully saturated rings. The van der Waals surface area contributed by atoms with Gasteiger partial charge in [-0.25, -0.2) is 4.98 Å². The molecule has 0 radical (unpaired) electrons. The largest absolute Gasteiger partial charge is 0.493 e. The van der Waals surface area contributed by atoms with Crippen LogP contribution in [0.15, 0.2) is 28.1 Å². The van der Waals surface area contributed by atoms with Gasteiger partial charge in [0.05, 0.1) is 11.6 Å². The summed E-state index contributed by atoms with van der Waals surface area (Å²) in [7, 11) is 0. The van der Waals surface area contributed by atoms with Crippen LogP contribution in [0.5, 0.6) is 5.75 Å². The van der Waals surface area contributed by atoms with Gasteiger partial charge in [0.15, 0.2) is 0 Å². The maximum absolute atomic E-state index is 5.85. The van der Waals surface area contributed by atoms with Crippen molar-refractivity contribution in [3.8, 4) is 5.75 Å². The Balaban J connectivity index is 1.65. The summed E-state index contributed by atoms with van der Waals surface area (Å²) in [6.45, 7) is 3.80. The zero-order valence-electron chi connectivity index (χ0n) is 12.1. The van der Waals surface area contributed by atoms with Gasteiger partial charge in [0, 0.05) is 40.1 Å². The fraction of sp³-hybridized carbons (Fsp3) is 0.438. The highest BCUT2D eigenvalue weighted by Gasteiger charge is 2.19. The van der Waals surface area contributed by atoms with Crippen LogP contribution in [0.3, 0.4) is 0 Å². The van der Waals surface area contributed by atoms with Crippen LogP contribution in [-0.4, -0.2) is 18.1 Å². The molecule has 0 spiro atoms. The van der Waals surface area contributed by atoms with Crippen LogP contribution < -0.4 is 10.1 Å². The van der Waals surface area contributed by atoms with E-state index in [1.54, 1.807) is 11.3 Å². The van der Waals surface area contributed by atoms with E-state index in [9.17, 15) is 0 Å². The highest BCUT2D eigenvalue weighted by atomic mass is 79.9. The lowest BCUT2D eigenvalue weighted by Gasteiger charge is -2.18. The van der Waals surface area contributed by atoms with Crippen LogP contribution in [-0.2, 0) is 6.42 Å². The smallest absolute Gasteiger partial charge is 0.125 e. The van der Waals surface area contributed by atoms with Crippen LogP contribution in [0.25, 0.3) is 0 Å². The Labute approximate surface area is 137 Å². The Morgan fingerprint density at radius 2 is 2.38 bits per heavy atom. The third-order valence-corrected chi connectivity index (χ3v) is 5.16. The Morgan fingerprint density at radius 3 is 3.19 bits per heavy atom. The number of ether oxygens (including phenoxy) is 1. The number of halogens is 1. The van der Waals surface area contributed by atoms with Gasteiger partial charge in [-0.15, -0.1) is 11.3 Å². The number of nitrogens with zero attached hydrogens (tertiary/aromatic N) is 1. The standard InChI is InChI=1S/C16H19BrN2OS/c1-11-10-21-16(19-11)6-7-18-14-3-2-8-20-15-9-12(17)4-5-13(14)15/h4-5,9-10,14,18H,2-3,6-8H2,1H3. The van der Waals surface area contributed by atoms with Crippen molar-refractivity contribution in [3.05, 3.63) is 44.3 Å². The Bertz CT molecular complexity index is 614. The molecule has 1 N–H and O–H groups in total. The van der Waals surface area contributed by atoms with Crippen molar-refractivity contribution in [2.75, 3.05) is 13.2 Å². The van der Waals surface area contributed by atoms with Crippen molar-refractivity contribution in [2.24, 2.45) is 0 Å². The molecule has 0 bridgehead atoms. The van der Waals surface area contributed by atoms with E-state index in [1.807, 2.05) is 6.92 Å². The van der Waals surface area contributed by atoms with Gasteiger partial charge in [-0.05, 0) is 31.9 Å². The molecule has 1 unspecified atom stereocenters. The second kappa shape index (κ2) is 6.90. The van der Waals surface area contributed by atoms with E-state index in [0.717, 1.165) is 48.3 Å². The third kappa shape index (κ3) is 3.84. The van der Waals surface area contributed by atoms with E-state index >= 15 is 0 Å². The summed E-state index contributed by atoms with van der Waals surface area (Å²) in [5.74, 6) is 1.00. The Morgan fingerprint density at radius 1 is 1.48 bits per heavy atom. The van der Waals surface area contributed by atoms with Gasteiger partial charge in [0.2, 0.25) is 0 Å². The maximum atomic E-state index is 5.85. The predicted molar refractivity (Wildman–Crippen MR) is 90.2 cm³/mol. The predicted octanol–water partition coefficient (Wildman–Crippen LogP) is 4.26. The number of rotatable bonds is 4. The summed E-state index contributed by atoms with van der Waals surface area (Å²) in [4.78, 5) is 4.52. The summed E-state index contributed by atoms with van der Waals surface area (Å²) in [5.41, 5.74) is 2.39. The minimum Gasteiger partial charge on any atom is -0.493 e. The van der Waals surface area contributed by atoms with Gasteiger partial charge < -0.3 is 10.1 Å². The van der Waals surface area contributed by atoms with Crippen molar-refractivity contribution >= 4 is 27.3 Å². The first kappa shape index (κ1) is 15.0. The Hall–Kier alpha value is -0.910. The first-order valence-corrected chi connectivity index (χ1v) is 8.96. The zero-order valence-corrected chi connectivity index (χ0v) is 14.5. The lowest BCUT2D eigenvalue weighted by atomic mass is 10.0. The normalized spacial score (nSPS) is 17.9. The highest BCUT2D eigenvalue weighted by Crippen LogP contribution is 2.33. The van der Waals surface area contributed by atoms with Crippen molar-refractivity contribution in [1.82, 2.24) is 10.3 Å². The second-order valence-corrected chi connectivity index (χ2v) is 7.17. The number of benzene rings is 1. The number of hydrogen-bond acceptors (Lipinski definition) is 4. The third-order valence-electron chi connectivity index (χ3n) is 3.64. The molecule has 1 aliphatic rings. The fourth-order valence-electron chi connectivity index (χ4n) is 2.63. The topological polar surface area (TPSA) is 34.1 Å². The number of fused-ring (bicyclic) bond motifs is 1. The average molecular weight is 367 g/mol. The summed E-state index contributed by atoms with van der Waals surface area (Å²) in [6.07, 6.45) is 3.19. The molecule has 112 valence electrons. The molecule has 1 atom stereocenters. The summed E-state index contributed by atoms with van der Waals surface area (Å²) < 4.78 is 6.92. The van der Waals surface area contributed by atoms with Crippen LogP contribution >= 0.6 is 27.3 Å². The lowest BCUT2D eigenvalue weighted by molar-refractivity contribution is 0.315. The monoisotopic (exact) mass is 366 g/mol. The number of nitrogens with one attached hydrogen (secondary N) is 1. The number of thiazole rings is 1. The molecule has 0 saturated carbocycles. The number of aromatic nitrogens is 1. The molecule has 1 aliphatic heterocycles. The first-order valence-electron chi connectivity index (χ1n) is 7.29. The first-order chi connectivity index (χ1) is 10.2. The van der Waals surface area contributed by atoms with E-state index in [1.165, 1.54) is 10.6 Å². The molecule has 3 rings (SSSR count). The molecule has 2 aromatic rings. The highest BCUT2D eigenvalue weighted by molar-refractivity contribution is 9.10. The van der Waals surface area contributed by atoms with Crippen LogP contribution in [0.2, 0.25) is 0 Å². The van der Waals surface area contributed by atoms with E-state index in [-0.39, 0.29) is 0 Å². The summed E-state index contributed by atoms with van der Waals surface area (Å²) >= 11 is 5.26. The van der Waals surface area contributed by atoms with E-state index in [4.69, 9.17) is 4.74 Å². The minimum absolute atomic E-state index is 0.372. The molecule has 21 heavy (non-hydrogen) atoms. The number of hydrogen-bond donors (Lipinski definition) is 1. The molecule has 0 amide bonds. The van der Waals surface area contributed by atoms with E-state index < -0.39 is 0 Å². The van der Waals surface area contributed by atoms with Crippen LogP contribution in [0, 0.1) is 6.92 Å². The minimum atomic E-state index is 0.372. The molecule has 5 heteroatoms. The molecule has 0 saturated heterocycles. The summed E-state index contributed by atoms with van der Waals surface area (Å²) in [6, 6.07) is 6.69. The Kier molecular flexibility index (Phi) is 4.93. The molecular formula is C16H19BrN2OS. The summed E-state index contributed by atoms with van der Waals surface area (Å²) in [5, 5.41) is 6.99. The quantitative estimate of drug-likeness (QED) is 0.877. The van der Waals surface area contributed by atoms with Gasteiger partial charge in [0.25, 0.3) is 0 Å². The SMILES string of the molecule is Cc1csc(CCNC2CCCOc3cc(Br)ccc32)n1. The average Bonchev–Trinajstić information content (AvgIpc) is 2.77. The molecule has 0 aliphatic carbocycles. The van der Waals surface area contributed by atoms with Crippen molar-refractivity contribution in [1.29, 1.82) is 0 Å². The van der Waals surface area contributed by atoms with E-state index in [0.29, 0.717) is 6.04 Å². The molecular weight excluding hydrogens is 348 g/mol. The fourth-order valence-corrected chi connectivity index (χ4v) is 3.75. The van der Waals surface area contributed by atoms with Crippen molar-refractivity contribution in [3.63, 3.8) is 0 Å². The van der Waals surface area contributed by atoms with Gasteiger partial charge in [0.1, 0.15) is 5.75 Å². The van der Waals surface area contributed by atoms with Gasteiger partial charge >= 0.3 is 0 Å². The molecule has 1 aromatic carbocycles. The maximum Gasteiger partial charge on any atom is 0.125 e. The lowest BCUT2D eigenvalue weighted by Crippen LogP contribution is -2.23. The van der Waals surface area contributed by atoms with E-state index in [2.05, 4.69) is 49.8 Å². The van der Waals surface area contributed by atoms with Crippen molar-refractivity contribution < 1.29 is 4.74 Å². The molecule has 3 nitrogen and oxygen atoms in total. The second-order valence-electron chi connectivity index (χ2n) is 5.31. The molecule has 1 aromatic heterocycles. The van der Waals surface area contributed by atoms with Crippen LogP contribution in [0.1, 0.15) is 35.1 Å². The van der Waals surface area contributed by atoms with Crippen LogP contribution in [0.4, 0.5) is 0 Å². The number of aryl methyl sites for hydroxylation is 1. The van der Waals surface area contributed by atoms with Gasteiger partial charge in [-0.2, -0.15) is 0 Å². The van der Waals surface area contributed by atoms with Crippen molar-refractivity contribution in [2.45, 2.75) is 32.2 Å². The zero-order chi connectivity index (χ0) is 14.7.